The highest BCUT2D eigenvalue weighted by molar-refractivity contribution is 5.80. The predicted molar refractivity (Wildman–Crippen MR) is 73.8 cm³/mol. The van der Waals surface area contributed by atoms with E-state index in [1.807, 2.05) is 0 Å². The molecular formula is C13H23N5O. The van der Waals surface area contributed by atoms with Crippen LogP contribution in [0.5, 0.6) is 0 Å². The van der Waals surface area contributed by atoms with Crippen molar-refractivity contribution in [3.8, 4) is 0 Å². The van der Waals surface area contributed by atoms with Gasteiger partial charge in [0, 0.05) is 26.6 Å². The zero-order valence-electron chi connectivity index (χ0n) is 12.0. The van der Waals surface area contributed by atoms with E-state index in [-0.39, 0.29) is 0 Å². The highest BCUT2D eigenvalue weighted by atomic mass is 16.5. The SMILES string of the molecule is CCNC(=NCc1noc(C)n1)N1CCC(C)CC1. The maximum atomic E-state index is 4.95. The number of aliphatic imine (C=N–C) groups is 1. The maximum absolute atomic E-state index is 4.95. The van der Waals surface area contributed by atoms with Gasteiger partial charge in [-0.1, -0.05) is 12.1 Å². The number of piperidine rings is 1. The molecule has 1 aromatic rings. The first-order valence-electron chi connectivity index (χ1n) is 7.01. The molecule has 0 aromatic carbocycles. The lowest BCUT2D eigenvalue weighted by molar-refractivity contribution is 0.273. The highest BCUT2D eigenvalue weighted by Crippen LogP contribution is 2.16. The van der Waals surface area contributed by atoms with Crippen LogP contribution in [0.1, 0.15) is 38.4 Å². The van der Waals surface area contributed by atoms with Crippen molar-refractivity contribution in [3.63, 3.8) is 0 Å². The third-order valence-electron chi connectivity index (χ3n) is 3.36. The second-order valence-electron chi connectivity index (χ2n) is 5.07. The fourth-order valence-electron chi connectivity index (χ4n) is 2.20. The smallest absolute Gasteiger partial charge is 0.223 e. The minimum Gasteiger partial charge on any atom is -0.357 e. The number of aryl methyl sites for hydroxylation is 1. The molecule has 0 saturated carbocycles. The molecule has 2 rings (SSSR count). The Balaban J connectivity index is 1.98. The van der Waals surface area contributed by atoms with Gasteiger partial charge in [0.2, 0.25) is 5.89 Å². The van der Waals surface area contributed by atoms with Gasteiger partial charge in [0.15, 0.2) is 11.8 Å². The summed E-state index contributed by atoms with van der Waals surface area (Å²) in [6.07, 6.45) is 2.46. The fraction of sp³-hybridized carbons (Fsp3) is 0.769. The molecule has 19 heavy (non-hydrogen) atoms. The van der Waals surface area contributed by atoms with Crippen LogP contribution < -0.4 is 5.32 Å². The standard InChI is InChI=1S/C13H23N5O/c1-4-14-13(18-7-5-10(2)6-8-18)15-9-12-16-11(3)19-17-12/h10H,4-9H2,1-3H3,(H,14,15). The highest BCUT2D eigenvalue weighted by Gasteiger charge is 2.18. The third kappa shape index (κ3) is 3.94. The summed E-state index contributed by atoms with van der Waals surface area (Å²) in [6, 6.07) is 0. The Morgan fingerprint density at radius 2 is 2.21 bits per heavy atom. The van der Waals surface area contributed by atoms with Crippen molar-refractivity contribution >= 4 is 5.96 Å². The van der Waals surface area contributed by atoms with Crippen molar-refractivity contribution < 1.29 is 4.52 Å². The van der Waals surface area contributed by atoms with Crippen LogP contribution in [-0.4, -0.2) is 40.6 Å². The van der Waals surface area contributed by atoms with Crippen molar-refractivity contribution in [2.75, 3.05) is 19.6 Å². The summed E-state index contributed by atoms with van der Waals surface area (Å²) in [5.74, 6) is 3.00. The van der Waals surface area contributed by atoms with Crippen LogP contribution in [0.15, 0.2) is 9.52 Å². The number of aromatic nitrogens is 2. The molecule has 2 heterocycles. The lowest BCUT2D eigenvalue weighted by Gasteiger charge is -2.32. The molecule has 0 unspecified atom stereocenters. The molecule has 6 heteroatoms. The van der Waals surface area contributed by atoms with Crippen LogP contribution in [0.4, 0.5) is 0 Å². The molecule has 1 fully saturated rings. The van der Waals surface area contributed by atoms with Crippen molar-refractivity contribution in [1.82, 2.24) is 20.4 Å². The van der Waals surface area contributed by atoms with Crippen molar-refractivity contribution in [1.29, 1.82) is 0 Å². The summed E-state index contributed by atoms with van der Waals surface area (Å²) in [5, 5.41) is 7.20. The van der Waals surface area contributed by atoms with Gasteiger partial charge < -0.3 is 14.7 Å². The lowest BCUT2D eigenvalue weighted by Crippen LogP contribution is -2.45. The van der Waals surface area contributed by atoms with Crippen molar-refractivity contribution in [2.24, 2.45) is 10.9 Å². The number of hydrogen-bond donors (Lipinski definition) is 1. The van der Waals surface area contributed by atoms with E-state index < -0.39 is 0 Å². The number of rotatable bonds is 3. The first kappa shape index (κ1) is 13.8. The molecule has 0 radical (unpaired) electrons. The summed E-state index contributed by atoms with van der Waals surface area (Å²) in [4.78, 5) is 11.1. The number of nitrogens with zero attached hydrogens (tertiary/aromatic N) is 4. The van der Waals surface area contributed by atoms with Gasteiger partial charge in [-0.3, -0.25) is 0 Å². The molecule has 0 aliphatic carbocycles. The molecule has 1 saturated heterocycles. The molecule has 1 aromatic heterocycles. The van der Waals surface area contributed by atoms with Gasteiger partial charge >= 0.3 is 0 Å². The number of nitrogens with one attached hydrogen (secondary N) is 1. The summed E-state index contributed by atoms with van der Waals surface area (Å²) in [5.41, 5.74) is 0. The minimum atomic E-state index is 0.464. The normalized spacial score (nSPS) is 17.8. The van der Waals surface area contributed by atoms with Gasteiger partial charge in [0.1, 0.15) is 6.54 Å². The lowest BCUT2D eigenvalue weighted by atomic mass is 10.00. The Hall–Kier alpha value is -1.59. The van der Waals surface area contributed by atoms with E-state index >= 15 is 0 Å². The number of hydrogen-bond acceptors (Lipinski definition) is 4. The van der Waals surface area contributed by atoms with Gasteiger partial charge in [-0.05, 0) is 25.7 Å². The van der Waals surface area contributed by atoms with E-state index in [0.717, 1.165) is 31.5 Å². The summed E-state index contributed by atoms with van der Waals surface area (Å²) in [6.45, 7) is 9.65. The third-order valence-corrected chi connectivity index (χ3v) is 3.36. The molecule has 1 aliphatic rings. The molecular weight excluding hydrogens is 242 g/mol. The van der Waals surface area contributed by atoms with Crippen LogP contribution in [0, 0.1) is 12.8 Å². The Morgan fingerprint density at radius 3 is 2.79 bits per heavy atom. The maximum Gasteiger partial charge on any atom is 0.223 e. The van der Waals surface area contributed by atoms with Crippen LogP contribution in [-0.2, 0) is 6.54 Å². The van der Waals surface area contributed by atoms with Crippen LogP contribution in [0.25, 0.3) is 0 Å². The zero-order chi connectivity index (χ0) is 13.7. The van der Waals surface area contributed by atoms with E-state index in [4.69, 9.17) is 4.52 Å². The predicted octanol–water partition coefficient (Wildman–Crippen LogP) is 1.58. The molecule has 0 spiro atoms. The van der Waals surface area contributed by atoms with Gasteiger partial charge in [-0.25, -0.2) is 4.99 Å². The van der Waals surface area contributed by atoms with E-state index in [1.165, 1.54) is 12.8 Å². The summed E-state index contributed by atoms with van der Waals surface area (Å²) >= 11 is 0. The molecule has 0 bridgehead atoms. The average molecular weight is 265 g/mol. The first-order valence-corrected chi connectivity index (χ1v) is 7.01. The Morgan fingerprint density at radius 1 is 1.47 bits per heavy atom. The Kier molecular flexibility index (Phi) is 4.76. The van der Waals surface area contributed by atoms with Crippen molar-refractivity contribution in [2.45, 2.75) is 40.2 Å². The van der Waals surface area contributed by atoms with E-state index in [2.05, 4.69) is 39.2 Å². The average Bonchev–Trinajstić information content (AvgIpc) is 2.81. The molecule has 106 valence electrons. The fourth-order valence-corrected chi connectivity index (χ4v) is 2.20. The summed E-state index contributed by atoms with van der Waals surface area (Å²) in [7, 11) is 0. The topological polar surface area (TPSA) is 66.5 Å². The minimum absolute atomic E-state index is 0.464. The molecule has 6 nitrogen and oxygen atoms in total. The van der Waals surface area contributed by atoms with Crippen LogP contribution >= 0.6 is 0 Å². The quantitative estimate of drug-likeness (QED) is 0.664. The Labute approximate surface area is 114 Å². The van der Waals surface area contributed by atoms with Gasteiger partial charge in [-0.2, -0.15) is 4.98 Å². The van der Waals surface area contributed by atoms with Gasteiger partial charge in [0.05, 0.1) is 0 Å². The van der Waals surface area contributed by atoms with Crippen LogP contribution in [0.3, 0.4) is 0 Å². The zero-order valence-corrected chi connectivity index (χ0v) is 12.0. The van der Waals surface area contributed by atoms with Gasteiger partial charge in [-0.15, -0.1) is 0 Å². The molecule has 0 atom stereocenters. The van der Waals surface area contributed by atoms with E-state index in [9.17, 15) is 0 Å². The summed E-state index contributed by atoms with van der Waals surface area (Å²) < 4.78 is 4.95. The second-order valence-corrected chi connectivity index (χ2v) is 5.07. The van der Waals surface area contributed by atoms with E-state index in [1.54, 1.807) is 6.92 Å². The first-order chi connectivity index (χ1) is 9.19. The Bertz CT molecular complexity index is 420. The molecule has 0 amide bonds. The number of guanidine groups is 1. The monoisotopic (exact) mass is 265 g/mol. The van der Waals surface area contributed by atoms with Gasteiger partial charge in [0.25, 0.3) is 0 Å². The molecule has 1 N–H and O–H groups in total. The van der Waals surface area contributed by atoms with Crippen LogP contribution in [0.2, 0.25) is 0 Å². The second kappa shape index (κ2) is 6.54. The molecule has 1 aliphatic heterocycles. The number of likely N-dealkylation sites (tertiary alicyclic amines) is 1. The van der Waals surface area contributed by atoms with Crippen molar-refractivity contribution in [3.05, 3.63) is 11.7 Å². The van der Waals surface area contributed by atoms with E-state index in [0.29, 0.717) is 18.3 Å². The largest absolute Gasteiger partial charge is 0.357 e.